The summed E-state index contributed by atoms with van der Waals surface area (Å²) in [4.78, 5) is 12.1. The third-order valence-corrected chi connectivity index (χ3v) is 2.70. The van der Waals surface area contributed by atoms with Gasteiger partial charge in [-0.1, -0.05) is 0 Å². The van der Waals surface area contributed by atoms with Crippen LogP contribution in [0.3, 0.4) is 0 Å². The first kappa shape index (κ1) is 12.2. The van der Waals surface area contributed by atoms with Crippen LogP contribution in [0.1, 0.15) is 21.6 Å². The quantitative estimate of drug-likeness (QED) is 0.850. The average molecular weight is 245 g/mol. The second-order valence-electron chi connectivity index (χ2n) is 4.25. The molecule has 0 atom stereocenters. The predicted octanol–water partition coefficient (Wildman–Crippen LogP) is 1.99. The van der Waals surface area contributed by atoms with Crippen LogP contribution in [0.15, 0.2) is 24.3 Å². The van der Waals surface area contributed by atoms with Gasteiger partial charge in [0.2, 0.25) is 0 Å². The average Bonchev–Trinajstić information content (AvgIpc) is 2.57. The fraction of sp³-hybridized carbons (Fsp3) is 0.231. The van der Waals surface area contributed by atoms with Crippen molar-refractivity contribution in [1.82, 2.24) is 9.78 Å². The minimum Gasteiger partial charge on any atom is -0.508 e. The normalized spacial score (nSPS) is 10.4. The van der Waals surface area contributed by atoms with Crippen LogP contribution < -0.4 is 5.32 Å². The van der Waals surface area contributed by atoms with Crippen molar-refractivity contribution in [2.24, 2.45) is 7.05 Å². The molecule has 0 spiro atoms. The first-order valence-electron chi connectivity index (χ1n) is 5.59. The van der Waals surface area contributed by atoms with Crippen LogP contribution in [0.25, 0.3) is 0 Å². The predicted molar refractivity (Wildman–Crippen MR) is 68.7 cm³/mol. The van der Waals surface area contributed by atoms with Crippen LogP contribution in [0, 0.1) is 13.8 Å². The zero-order chi connectivity index (χ0) is 13.3. The maximum Gasteiger partial charge on any atom is 0.257 e. The first-order chi connectivity index (χ1) is 8.47. The molecule has 0 aliphatic carbocycles. The lowest BCUT2D eigenvalue weighted by molar-refractivity contribution is 0.102. The van der Waals surface area contributed by atoms with Crippen molar-refractivity contribution in [2.45, 2.75) is 13.8 Å². The van der Waals surface area contributed by atoms with Gasteiger partial charge in [0.15, 0.2) is 0 Å². The third-order valence-electron chi connectivity index (χ3n) is 2.70. The fourth-order valence-corrected chi connectivity index (χ4v) is 1.81. The molecule has 5 heteroatoms. The van der Waals surface area contributed by atoms with Gasteiger partial charge < -0.3 is 10.4 Å². The largest absolute Gasteiger partial charge is 0.508 e. The van der Waals surface area contributed by atoms with E-state index in [1.165, 1.54) is 6.07 Å². The molecule has 0 saturated carbocycles. The molecule has 0 saturated heterocycles. The molecule has 94 valence electrons. The molecule has 0 bridgehead atoms. The highest BCUT2D eigenvalue weighted by atomic mass is 16.3. The number of anilines is 1. The van der Waals surface area contributed by atoms with Crippen LogP contribution >= 0.6 is 0 Å². The molecule has 1 heterocycles. The van der Waals surface area contributed by atoms with Crippen LogP contribution in [0.5, 0.6) is 5.75 Å². The number of carbonyl (C=O) groups excluding carboxylic acids is 1. The summed E-state index contributed by atoms with van der Waals surface area (Å²) in [6.07, 6.45) is 0. The van der Waals surface area contributed by atoms with E-state index in [1.807, 2.05) is 6.92 Å². The zero-order valence-corrected chi connectivity index (χ0v) is 10.6. The number of aryl methyl sites for hydroxylation is 3. The molecule has 0 unspecified atom stereocenters. The van der Waals surface area contributed by atoms with E-state index >= 15 is 0 Å². The minimum atomic E-state index is -0.212. The van der Waals surface area contributed by atoms with Crippen molar-refractivity contribution >= 4 is 11.7 Å². The second kappa shape index (κ2) is 4.52. The van der Waals surface area contributed by atoms with Gasteiger partial charge in [-0.15, -0.1) is 0 Å². The number of nitrogens with zero attached hydrogens (tertiary/aromatic N) is 2. The van der Waals surface area contributed by atoms with Gasteiger partial charge in [-0.3, -0.25) is 9.48 Å². The van der Waals surface area contributed by atoms with E-state index in [2.05, 4.69) is 10.4 Å². The number of rotatable bonds is 2. The lowest BCUT2D eigenvalue weighted by atomic mass is 10.1. The van der Waals surface area contributed by atoms with Crippen molar-refractivity contribution in [3.63, 3.8) is 0 Å². The van der Waals surface area contributed by atoms with Gasteiger partial charge in [0.1, 0.15) is 11.6 Å². The van der Waals surface area contributed by atoms with E-state index in [4.69, 9.17) is 0 Å². The molecule has 2 N–H and O–H groups in total. The van der Waals surface area contributed by atoms with Gasteiger partial charge in [0.25, 0.3) is 5.91 Å². The van der Waals surface area contributed by atoms with Crippen molar-refractivity contribution in [2.75, 3.05) is 5.32 Å². The van der Waals surface area contributed by atoms with E-state index in [0.29, 0.717) is 11.4 Å². The second-order valence-corrected chi connectivity index (χ2v) is 4.25. The van der Waals surface area contributed by atoms with E-state index in [-0.39, 0.29) is 11.7 Å². The molecule has 0 fully saturated rings. The lowest BCUT2D eigenvalue weighted by Gasteiger charge is -2.07. The summed E-state index contributed by atoms with van der Waals surface area (Å²) in [5.74, 6) is 0.584. The third kappa shape index (κ3) is 2.34. The van der Waals surface area contributed by atoms with E-state index < -0.39 is 0 Å². The molecular formula is C13H15N3O2. The highest BCUT2D eigenvalue weighted by Gasteiger charge is 2.12. The summed E-state index contributed by atoms with van der Waals surface area (Å²) >= 11 is 0. The van der Waals surface area contributed by atoms with E-state index in [9.17, 15) is 9.90 Å². The van der Waals surface area contributed by atoms with Crippen molar-refractivity contribution < 1.29 is 9.90 Å². The highest BCUT2D eigenvalue weighted by Crippen LogP contribution is 2.17. The maximum atomic E-state index is 12.1. The van der Waals surface area contributed by atoms with Crippen molar-refractivity contribution in [3.8, 4) is 5.75 Å². The number of phenolic OH excluding ortho intramolecular Hbond substituents is 1. The number of nitrogens with one attached hydrogen (secondary N) is 1. The van der Waals surface area contributed by atoms with Gasteiger partial charge in [0, 0.05) is 18.7 Å². The van der Waals surface area contributed by atoms with Crippen molar-refractivity contribution in [3.05, 3.63) is 41.1 Å². The number of carbonyl (C=O) groups is 1. The molecule has 1 aromatic carbocycles. The Morgan fingerprint density at radius 1 is 1.33 bits per heavy atom. The number of benzene rings is 1. The number of amides is 1. The monoisotopic (exact) mass is 245 g/mol. The van der Waals surface area contributed by atoms with Gasteiger partial charge in [-0.2, -0.15) is 5.10 Å². The summed E-state index contributed by atoms with van der Waals surface area (Å²) < 4.78 is 1.61. The topological polar surface area (TPSA) is 67.2 Å². The summed E-state index contributed by atoms with van der Waals surface area (Å²) in [6, 6.07) is 6.46. The fourth-order valence-electron chi connectivity index (χ4n) is 1.81. The Bertz CT molecular complexity index is 602. The van der Waals surface area contributed by atoms with Crippen LogP contribution in [0.4, 0.5) is 5.82 Å². The Labute approximate surface area is 105 Å². The Hall–Kier alpha value is -2.30. The van der Waals surface area contributed by atoms with Crippen LogP contribution in [-0.4, -0.2) is 20.8 Å². The minimum absolute atomic E-state index is 0.153. The van der Waals surface area contributed by atoms with Gasteiger partial charge in [0.05, 0.1) is 5.69 Å². The summed E-state index contributed by atoms with van der Waals surface area (Å²) in [6.45, 7) is 3.64. The smallest absolute Gasteiger partial charge is 0.257 e. The molecule has 0 aliphatic rings. The molecule has 18 heavy (non-hydrogen) atoms. The molecule has 0 radical (unpaired) electrons. The Balaban J connectivity index is 2.24. The number of aromatic nitrogens is 2. The lowest BCUT2D eigenvalue weighted by Crippen LogP contribution is -2.15. The summed E-state index contributed by atoms with van der Waals surface area (Å²) in [5, 5.41) is 16.3. The van der Waals surface area contributed by atoms with E-state index in [0.717, 1.165) is 11.3 Å². The molecule has 5 nitrogen and oxygen atoms in total. The highest BCUT2D eigenvalue weighted by molar-refractivity contribution is 6.04. The first-order valence-corrected chi connectivity index (χ1v) is 5.59. The number of aromatic hydroxyl groups is 1. The summed E-state index contributed by atoms with van der Waals surface area (Å²) in [7, 11) is 1.77. The van der Waals surface area contributed by atoms with Gasteiger partial charge in [-0.25, -0.2) is 0 Å². The maximum absolute atomic E-state index is 12.1. The van der Waals surface area contributed by atoms with Crippen LogP contribution in [-0.2, 0) is 7.05 Å². The Kier molecular flexibility index (Phi) is 3.06. The standard InChI is InChI=1S/C13H15N3O2/c1-8-6-10(17)4-5-11(8)13(18)14-12-7-9(2)15-16(12)3/h4-7,17H,1-3H3,(H,14,18). The van der Waals surface area contributed by atoms with Gasteiger partial charge in [-0.05, 0) is 37.6 Å². The molecule has 1 aromatic heterocycles. The molecule has 0 aliphatic heterocycles. The SMILES string of the molecule is Cc1cc(NC(=O)c2ccc(O)cc2C)n(C)n1. The Morgan fingerprint density at radius 2 is 2.06 bits per heavy atom. The van der Waals surface area contributed by atoms with Gasteiger partial charge >= 0.3 is 0 Å². The van der Waals surface area contributed by atoms with Crippen LogP contribution in [0.2, 0.25) is 0 Å². The summed E-state index contributed by atoms with van der Waals surface area (Å²) in [5.41, 5.74) is 2.10. The Morgan fingerprint density at radius 3 is 2.61 bits per heavy atom. The number of hydrogen-bond acceptors (Lipinski definition) is 3. The molecule has 2 aromatic rings. The number of hydrogen-bond donors (Lipinski definition) is 2. The molecular weight excluding hydrogens is 230 g/mol. The number of phenols is 1. The zero-order valence-electron chi connectivity index (χ0n) is 10.6. The molecule has 2 rings (SSSR count). The van der Waals surface area contributed by atoms with E-state index in [1.54, 1.807) is 36.9 Å². The molecule has 1 amide bonds. The van der Waals surface area contributed by atoms with Crippen molar-refractivity contribution in [1.29, 1.82) is 0 Å².